The van der Waals surface area contributed by atoms with Crippen LogP contribution in [0.15, 0.2) is 36.5 Å². The van der Waals surface area contributed by atoms with Crippen molar-refractivity contribution in [2.24, 2.45) is 0 Å². The Balaban J connectivity index is 1.88. The SMILES string of the molecule is Cc1ccc(CCNc2ccc(Cl)c(C)c2)cn1. The molecule has 3 heteroatoms. The van der Waals surface area contributed by atoms with Crippen molar-refractivity contribution < 1.29 is 0 Å². The highest BCUT2D eigenvalue weighted by atomic mass is 35.5. The second kappa shape index (κ2) is 5.87. The zero-order valence-corrected chi connectivity index (χ0v) is 11.5. The molecule has 0 fully saturated rings. The molecular formula is C15H17ClN2. The van der Waals surface area contributed by atoms with Gasteiger partial charge in [0.15, 0.2) is 0 Å². The number of halogens is 1. The lowest BCUT2D eigenvalue weighted by Gasteiger charge is -2.08. The van der Waals surface area contributed by atoms with Crippen LogP contribution in [0.5, 0.6) is 0 Å². The molecule has 1 heterocycles. The lowest BCUT2D eigenvalue weighted by atomic mass is 10.2. The van der Waals surface area contributed by atoms with E-state index < -0.39 is 0 Å². The Labute approximate surface area is 113 Å². The van der Waals surface area contributed by atoms with Crippen molar-refractivity contribution in [1.82, 2.24) is 4.98 Å². The molecule has 0 unspecified atom stereocenters. The normalized spacial score (nSPS) is 10.4. The van der Waals surface area contributed by atoms with Crippen molar-refractivity contribution in [1.29, 1.82) is 0 Å². The summed E-state index contributed by atoms with van der Waals surface area (Å²) in [6, 6.07) is 10.2. The van der Waals surface area contributed by atoms with Gasteiger partial charge in [0.05, 0.1) is 0 Å². The lowest BCUT2D eigenvalue weighted by molar-refractivity contribution is 0.997. The lowest BCUT2D eigenvalue weighted by Crippen LogP contribution is -2.05. The minimum absolute atomic E-state index is 0.809. The molecule has 1 N–H and O–H groups in total. The van der Waals surface area contributed by atoms with Crippen LogP contribution in [0.25, 0.3) is 0 Å². The summed E-state index contributed by atoms with van der Waals surface area (Å²) in [5.41, 5.74) is 4.51. The van der Waals surface area contributed by atoms with Gasteiger partial charge in [-0.25, -0.2) is 0 Å². The summed E-state index contributed by atoms with van der Waals surface area (Å²) in [6.45, 7) is 4.90. The van der Waals surface area contributed by atoms with E-state index in [2.05, 4.69) is 22.4 Å². The minimum Gasteiger partial charge on any atom is -0.385 e. The first kappa shape index (κ1) is 12.9. The fourth-order valence-electron chi connectivity index (χ4n) is 1.75. The van der Waals surface area contributed by atoms with Crippen LogP contribution >= 0.6 is 11.6 Å². The second-order valence-corrected chi connectivity index (χ2v) is 4.86. The first-order chi connectivity index (χ1) is 8.65. The quantitative estimate of drug-likeness (QED) is 0.899. The third-order valence-corrected chi connectivity index (χ3v) is 3.30. The van der Waals surface area contributed by atoms with Crippen LogP contribution in [0, 0.1) is 13.8 Å². The molecule has 94 valence electrons. The fourth-order valence-corrected chi connectivity index (χ4v) is 1.87. The summed E-state index contributed by atoms with van der Waals surface area (Å²) < 4.78 is 0. The number of pyridine rings is 1. The fraction of sp³-hybridized carbons (Fsp3) is 0.267. The maximum Gasteiger partial charge on any atom is 0.0436 e. The minimum atomic E-state index is 0.809. The summed E-state index contributed by atoms with van der Waals surface area (Å²) in [5.74, 6) is 0. The Hall–Kier alpha value is -1.54. The number of anilines is 1. The third kappa shape index (κ3) is 3.47. The molecule has 0 atom stereocenters. The summed E-state index contributed by atoms with van der Waals surface area (Å²) in [4.78, 5) is 4.29. The van der Waals surface area contributed by atoms with E-state index in [1.165, 1.54) is 5.56 Å². The van der Waals surface area contributed by atoms with E-state index in [4.69, 9.17) is 11.6 Å². The van der Waals surface area contributed by atoms with Gasteiger partial charge in [0.25, 0.3) is 0 Å². The van der Waals surface area contributed by atoms with Gasteiger partial charge in [-0.3, -0.25) is 4.98 Å². The van der Waals surface area contributed by atoms with Crippen LogP contribution < -0.4 is 5.32 Å². The highest BCUT2D eigenvalue weighted by Crippen LogP contribution is 2.19. The average Bonchev–Trinajstić information content (AvgIpc) is 2.36. The van der Waals surface area contributed by atoms with E-state index in [-0.39, 0.29) is 0 Å². The Morgan fingerprint density at radius 1 is 1.17 bits per heavy atom. The molecule has 2 nitrogen and oxygen atoms in total. The van der Waals surface area contributed by atoms with Crippen LogP contribution in [-0.4, -0.2) is 11.5 Å². The van der Waals surface area contributed by atoms with Crippen LogP contribution in [-0.2, 0) is 6.42 Å². The van der Waals surface area contributed by atoms with E-state index in [0.29, 0.717) is 0 Å². The first-order valence-electron chi connectivity index (χ1n) is 6.07. The molecule has 1 aromatic heterocycles. The number of hydrogen-bond donors (Lipinski definition) is 1. The Bertz CT molecular complexity index is 521. The predicted molar refractivity (Wildman–Crippen MR) is 77.4 cm³/mol. The molecule has 0 saturated heterocycles. The molecule has 0 aliphatic rings. The van der Waals surface area contributed by atoms with Crippen molar-refractivity contribution in [3.05, 3.63) is 58.4 Å². The van der Waals surface area contributed by atoms with Crippen LogP contribution in [0.1, 0.15) is 16.8 Å². The van der Waals surface area contributed by atoms with Crippen LogP contribution in [0.2, 0.25) is 5.02 Å². The molecule has 0 bridgehead atoms. The van der Waals surface area contributed by atoms with Gasteiger partial charge in [-0.1, -0.05) is 17.7 Å². The first-order valence-corrected chi connectivity index (χ1v) is 6.44. The number of aryl methyl sites for hydroxylation is 2. The molecule has 0 spiro atoms. The standard InChI is InChI=1S/C15H17ClN2/c1-11-9-14(5-6-15(11)16)17-8-7-13-4-3-12(2)18-10-13/h3-6,9-10,17H,7-8H2,1-2H3. The van der Waals surface area contributed by atoms with Gasteiger partial charge in [0, 0.05) is 29.1 Å². The van der Waals surface area contributed by atoms with E-state index in [9.17, 15) is 0 Å². The smallest absolute Gasteiger partial charge is 0.0436 e. The van der Waals surface area contributed by atoms with E-state index in [1.54, 1.807) is 0 Å². The topological polar surface area (TPSA) is 24.9 Å². The molecule has 2 rings (SSSR count). The highest BCUT2D eigenvalue weighted by molar-refractivity contribution is 6.31. The largest absolute Gasteiger partial charge is 0.385 e. The number of hydrogen-bond acceptors (Lipinski definition) is 2. The molecule has 2 aromatic rings. The highest BCUT2D eigenvalue weighted by Gasteiger charge is 1.98. The molecule has 0 aliphatic carbocycles. The Morgan fingerprint density at radius 3 is 2.67 bits per heavy atom. The van der Waals surface area contributed by atoms with Gasteiger partial charge >= 0.3 is 0 Å². The van der Waals surface area contributed by atoms with Gasteiger partial charge in [-0.2, -0.15) is 0 Å². The van der Waals surface area contributed by atoms with E-state index >= 15 is 0 Å². The molecule has 0 radical (unpaired) electrons. The molecule has 0 saturated carbocycles. The van der Waals surface area contributed by atoms with Gasteiger partial charge in [0.1, 0.15) is 0 Å². The average molecular weight is 261 g/mol. The number of aromatic nitrogens is 1. The Morgan fingerprint density at radius 2 is 2.00 bits per heavy atom. The zero-order valence-electron chi connectivity index (χ0n) is 10.7. The van der Waals surface area contributed by atoms with E-state index in [1.807, 2.05) is 38.2 Å². The monoisotopic (exact) mass is 260 g/mol. The zero-order chi connectivity index (χ0) is 13.0. The van der Waals surface area contributed by atoms with Crippen molar-refractivity contribution >= 4 is 17.3 Å². The summed E-state index contributed by atoms with van der Waals surface area (Å²) >= 11 is 5.99. The van der Waals surface area contributed by atoms with Crippen LogP contribution in [0.4, 0.5) is 5.69 Å². The Kier molecular flexibility index (Phi) is 4.21. The number of benzene rings is 1. The van der Waals surface area contributed by atoms with E-state index in [0.717, 1.165) is 34.9 Å². The molecule has 1 aromatic carbocycles. The van der Waals surface area contributed by atoms with Gasteiger partial charge in [0.2, 0.25) is 0 Å². The molecule has 0 amide bonds. The third-order valence-electron chi connectivity index (χ3n) is 2.87. The maximum absolute atomic E-state index is 5.99. The second-order valence-electron chi connectivity index (χ2n) is 4.45. The number of nitrogens with zero attached hydrogens (tertiary/aromatic N) is 1. The number of rotatable bonds is 4. The molecule has 0 aliphatic heterocycles. The predicted octanol–water partition coefficient (Wildman–Crippen LogP) is 4.01. The summed E-state index contributed by atoms with van der Waals surface area (Å²) in [7, 11) is 0. The van der Waals surface area contributed by atoms with Crippen molar-refractivity contribution in [2.45, 2.75) is 20.3 Å². The van der Waals surface area contributed by atoms with Gasteiger partial charge in [-0.15, -0.1) is 0 Å². The van der Waals surface area contributed by atoms with Crippen LogP contribution in [0.3, 0.4) is 0 Å². The maximum atomic E-state index is 5.99. The molecular weight excluding hydrogens is 244 g/mol. The number of nitrogens with one attached hydrogen (secondary N) is 1. The van der Waals surface area contributed by atoms with Crippen molar-refractivity contribution in [3.63, 3.8) is 0 Å². The molecule has 18 heavy (non-hydrogen) atoms. The summed E-state index contributed by atoms with van der Waals surface area (Å²) in [6.07, 6.45) is 2.90. The van der Waals surface area contributed by atoms with Crippen molar-refractivity contribution in [2.75, 3.05) is 11.9 Å². The van der Waals surface area contributed by atoms with Crippen molar-refractivity contribution in [3.8, 4) is 0 Å². The van der Waals surface area contributed by atoms with Gasteiger partial charge in [-0.05, 0) is 55.7 Å². The van der Waals surface area contributed by atoms with Gasteiger partial charge < -0.3 is 5.32 Å². The summed E-state index contributed by atoms with van der Waals surface area (Å²) in [5, 5.41) is 4.20.